The van der Waals surface area contributed by atoms with Crippen LogP contribution < -0.4 is 19.5 Å². The van der Waals surface area contributed by atoms with Crippen molar-refractivity contribution in [2.45, 2.75) is 26.1 Å². The van der Waals surface area contributed by atoms with Gasteiger partial charge in [-0.25, -0.2) is 0 Å². The average Bonchev–Trinajstić information content (AvgIpc) is 2.60. The van der Waals surface area contributed by atoms with E-state index in [1.165, 1.54) is 12.1 Å². The number of alkyl halides is 2. The van der Waals surface area contributed by atoms with Gasteiger partial charge in [-0.05, 0) is 42.3 Å². The van der Waals surface area contributed by atoms with Gasteiger partial charge in [-0.2, -0.15) is 8.78 Å². The summed E-state index contributed by atoms with van der Waals surface area (Å²) in [4.78, 5) is 0. The highest BCUT2D eigenvalue weighted by molar-refractivity contribution is 6.32. The van der Waals surface area contributed by atoms with E-state index >= 15 is 0 Å². The fraction of sp³-hybridized carbons (Fsp3) is 0.333. The second kappa shape index (κ2) is 7.89. The van der Waals surface area contributed by atoms with Crippen LogP contribution in [0.3, 0.4) is 0 Å². The van der Waals surface area contributed by atoms with Gasteiger partial charge in [0.15, 0.2) is 11.5 Å². The molecule has 0 spiro atoms. The van der Waals surface area contributed by atoms with Crippen molar-refractivity contribution >= 4 is 11.6 Å². The first-order chi connectivity index (χ1) is 12.0. The van der Waals surface area contributed by atoms with Crippen LogP contribution in [0.1, 0.15) is 24.1 Å². The maximum Gasteiger partial charge on any atom is 0.387 e. The van der Waals surface area contributed by atoms with Gasteiger partial charge in [0.2, 0.25) is 0 Å². The minimum Gasteiger partial charge on any atom is -0.486 e. The molecule has 1 heterocycles. The van der Waals surface area contributed by atoms with Gasteiger partial charge >= 0.3 is 6.61 Å². The first kappa shape index (κ1) is 17.8. The predicted molar refractivity (Wildman–Crippen MR) is 90.8 cm³/mol. The molecule has 1 aliphatic heterocycles. The van der Waals surface area contributed by atoms with E-state index in [1.807, 2.05) is 19.1 Å². The molecule has 0 radical (unpaired) electrons. The molecule has 0 fully saturated rings. The summed E-state index contributed by atoms with van der Waals surface area (Å²) in [5.74, 6) is 1.38. The lowest BCUT2D eigenvalue weighted by Crippen LogP contribution is -2.19. The third-order valence-corrected chi connectivity index (χ3v) is 4.16. The van der Waals surface area contributed by atoms with E-state index in [9.17, 15) is 8.78 Å². The summed E-state index contributed by atoms with van der Waals surface area (Å²) in [6.07, 6.45) is 0. The SMILES string of the molecule is CC(NCc1cc(Cl)c2c(c1)OCCO2)c1ccc(OC(F)F)cc1. The Morgan fingerprint density at radius 3 is 2.60 bits per heavy atom. The smallest absolute Gasteiger partial charge is 0.387 e. The van der Waals surface area contributed by atoms with E-state index in [0.717, 1.165) is 11.1 Å². The maximum atomic E-state index is 12.2. The molecular weight excluding hydrogens is 352 g/mol. The van der Waals surface area contributed by atoms with Gasteiger partial charge in [0.05, 0.1) is 5.02 Å². The lowest BCUT2D eigenvalue weighted by molar-refractivity contribution is -0.0498. The molecule has 0 saturated carbocycles. The van der Waals surface area contributed by atoms with Gasteiger partial charge in [-0.3, -0.25) is 0 Å². The van der Waals surface area contributed by atoms with Crippen LogP contribution in [0, 0.1) is 0 Å². The quantitative estimate of drug-likeness (QED) is 0.810. The Hall–Kier alpha value is -2.05. The third kappa shape index (κ3) is 4.52. The second-order valence-electron chi connectivity index (χ2n) is 5.65. The molecule has 1 unspecified atom stereocenters. The molecule has 134 valence electrons. The first-order valence-corrected chi connectivity index (χ1v) is 8.27. The zero-order valence-electron chi connectivity index (χ0n) is 13.6. The van der Waals surface area contributed by atoms with E-state index in [2.05, 4.69) is 10.1 Å². The Balaban J connectivity index is 1.62. The summed E-state index contributed by atoms with van der Waals surface area (Å²) in [6, 6.07) is 10.3. The summed E-state index contributed by atoms with van der Waals surface area (Å²) in [5.41, 5.74) is 1.93. The summed E-state index contributed by atoms with van der Waals surface area (Å²) in [5, 5.41) is 3.89. The number of ether oxygens (including phenoxy) is 3. The highest BCUT2D eigenvalue weighted by atomic mass is 35.5. The lowest BCUT2D eigenvalue weighted by Gasteiger charge is -2.21. The van der Waals surface area contributed by atoms with Crippen LogP contribution >= 0.6 is 11.6 Å². The van der Waals surface area contributed by atoms with Crippen LogP contribution in [-0.4, -0.2) is 19.8 Å². The Morgan fingerprint density at radius 2 is 1.88 bits per heavy atom. The van der Waals surface area contributed by atoms with Crippen LogP contribution in [0.25, 0.3) is 0 Å². The van der Waals surface area contributed by atoms with Crippen LogP contribution in [0.4, 0.5) is 8.78 Å². The molecule has 0 aliphatic carbocycles. The second-order valence-corrected chi connectivity index (χ2v) is 6.06. The van der Waals surface area contributed by atoms with E-state index < -0.39 is 6.61 Å². The highest BCUT2D eigenvalue weighted by Gasteiger charge is 2.17. The van der Waals surface area contributed by atoms with Gasteiger partial charge in [-0.1, -0.05) is 23.7 Å². The van der Waals surface area contributed by atoms with Crippen molar-refractivity contribution in [1.82, 2.24) is 5.32 Å². The Labute approximate surface area is 149 Å². The van der Waals surface area contributed by atoms with Crippen molar-refractivity contribution in [2.24, 2.45) is 0 Å². The van der Waals surface area contributed by atoms with Gasteiger partial charge in [0.1, 0.15) is 19.0 Å². The zero-order chi connectivity index (χ0) is 17.8. The predicted octanol–water partition coefficient (Wildman–Crippen LogP) is 4.56. The van der Waals surface area contributed by atoms with Crippen molar-refractivity contribution in [2.75, 3.05) is 13.2 Å². The molecule has 1 N–H and O–H groups in total. The summed E-state index contributed by atoms with van der Waals surface area (Å²) in [7, 11) is 0. The highest BCUT2D eigenvalue weighted by Crippen LogP contribution is 2.38. The number of benzene rings is 2. The topological polar surface area (TPSA) is 39.7 Å². The summed E-state index contributed by atoms with van der Waals surface area (Å²) >= 11 is 6.23. The molecule has 3 rings (SSSR count). The van der Waals surface area contributed by atoms with Crippen LogP contribution in [0.5, 0.6) is 17.2 Å². The van der Waals surface area contributed by atoms with E-state index in [-0.39, 0.29) is 11.8 Å². The maximum absolute atomic E-state index is 12.2. The van der Waals surface area contributed by atoms with E-state index in [4.69, 9.17) is 21.1 Å². The molecule has 0 aromatic heterocycles. The summed E-state index contributed by atoms with van der Waals surface area (Å²) in [6.45, 7) is 0.743. The molecule has 4 nitrogen and oxygen atoms in total. The molecule has 2 aromatic carbocycles. The van der Waals surface area contributed by atoms with Gasteiger partial charge in [-0.15, -0.1) is 0 Å². The minimum atomic E-state index is -2.82. The van der Waals surface area contributed by atoms with Crippen LogP contribution in [-0.2, 0) is 6.54 Å². The molecule has 25 heavy (non-hydrogen) atoms. The van der Waals surface area contributed by atoms with Crippen LogP contribution in [0.2, 0.25) is 5.02 Å². The summed E-state index contributed by atoms with van der Waals surface area (Å²) < 4.78 is 39.8. The number of rotatable bonds is 6. The van der Waals surface area contributed by atoms with E-state index in [0.29, 0.717) is 36.3 Å². The Morgan fingerprint density at radius 1 is 1.16 bits per heavy atom. The molecule has 1 atom stereocenters. The van der Waals surface area contributed by atoms with E-state index in [1.54, 1.807) is 12.1 Å². The van der Waals surface area contributed by atoms with Gasteiger partial charge in [0.25, 0.3) is 0 Å². The van der Waals surface area contributed by atoms with Crippen molar-refractivity contribution in [3.8, 4) is 17.2 Å². The first-order valence-electron chi connectivity index (χ1n) is 7.89. The average molecular weight is 370 g/mol. The fourth-order valence-electron chi connectivity index (χ4n) is 2.59. The van der Waals surface area contributed by atoms with Crippen molar-refractivity contribution in [3.05, 3.63) is 52.5 Å². The molecule has 1 aliphatic rings. The number of halogens is 3. The van der Waals surface area contributed by atoms with Crippen LogP contribution in [0.15, 0.2) is 36.4 Å². The Kier molecular flexibility index (Phi) is 5.60. The number of hydrogen-bond donors (Lipinski definition) is 1. The van der Waals surface area contributed by atoms with Crippen molar-refractivity contribution in [3.63, 3.8) is 0 Å². The van der Waals surface area contributed by atoms with Gasteiger partial charge in [0, 0.05) is 12.6 Å². The molecule has 7 heteroatoms. The third-order valence-electron chi connectivity index (χ3n) is 3.87. The van der Waals surface area contributed by atoms with Crippen molar-refractivity contribution in [1.29, 1.82) is 0 Å². The molecule has 0 bridgehead atoms. The largest absolute Gasteiger partial charge is 0.486 e. The molecule has 0 amide bonds. The lowest BCUT2D eigenvalue weighted by atomic mass is 10.1. The molecule has 0 saturated heterocycles. The number of hydrogen-bond acceptors (Lipinski definition) is 4. The zero-order valence-corrected chi connectivity index (χ0v) is 14.4. The molecule has 2 aromatic rings. The minimum absolute atomic E-state index is 0.0209. The van der Waals surface area contributed by atoms with Gasteiger partial charge < -0.3 is 19.5 Å². The Bertz CT molecular complexity index is 725. The monoisotopic (exact) mass is 369 g/mol. The number of fused-ring (bicyclic) bond motifs is 1. The van der Waals surface area contributed by atoms with Crippen molar-refractivity contribution < 1.29 is 23.0 Å². The molecular formula is C18H18ClF2NO3. The normalized spacial score (nSPS) is 14.4. The fourth-order valence-corrected chi connectivity index (χ4v) is 2.88. The standard InChI is InChI=1S/C18H18ClF2NO3/c1-11(13-2-4-14(5-3-13)25-18(20)21)22-10-12-8-15(19)17-16(9-12)23-6-7-24-17/h2-5,8-9,11,18,22H,6-7,10H2,1H3. The number of nitrogens with one attached hydrogen (secondary N) is 1.